The van der Waals surface area contributed by atoms with E-state index in [0.717, 1.165) is 16.8 Å². The minimum absolute atomic E-state index is 0.0433. The lowest BCUT2D eigenvalue weighted by atomic mass is 10.2. The van der Waals surface area contributed by atoms with Crippen LogP contribution in [0.25, 0.3) is 0 Å². The van der Waals surface area contributed by atoms with Crippen molar-refractivity contribution in [1.29, 1.82) is 0 Å². The molecular formula is C11H7Cl2FN2O2. The molecule has 0 spiro atoms. The summed E-state index contributed by atoms with van der Waals surface area (Å²) in [6.45, 7) is -0.0433. The van der Waals surface area contributed by atoms with E-state index in [2.05, 4.69) is 0 Å². The summed E-state index contributed by atoms with van der Waals surface area (Å²) in [5, 5.41) is 0.132. The van der Waals surface area contributed by atoms with Crippen LogP contribution < -0.4 is 11.2 Å². The van der Waals surface area contributed by atoms with Crippen LogP contribution in [-0.4, -0.2) is 9.55 Å². The van der Waals surface area contributed by atoms with Crippen LogP contribution >= 0.6 is 23.2 Å². The third-order valence-corrected chi connectivity index (χ3v) is 2.83. The van der Waals surface area contributed by atoms with Gasteiger partial charge in [-0.2, -0.15) is 0 Å². The Morgan fingerprint density at radius 1 is 1.28 bits per heavy atom. The van der Waals surface area contributed by atoms with E-state index in [1.54, 1.807) is 0 Å². The molecule has 2 rings (SSSR count). The van der Waals surface area contributed by atoms with E-state index in [1.807, 2.05) is 4.98 Å². The van der Waals surface area contributed by atoms with Crippen LogP contribution in [-0.2, 0) is 6.54 Å². The van der Waals surface area contributed by atoms with E-state index in [1.165, 1.54) is 12.1 Å². The van der Waals surface area contributed by atoms with Crippen LogP contribution in [0.2, 0.25) is 10.0 Å². The van der Waals surface area contributed by atoms with Crippen molar-refractivity contribution in [3.63, 3.8) is 0 Å². The fourth-order valence-electron chi connectivity index (χ4n) is 1.43. The fraction of sp³-hybridized carbons (Fsp3) is 0.0909. The van der Waals surface area contributed by atoms with Gasteiger partial charge in [-0.3, -0.25) is 14.3 Å². The van der Waals surface area contributed by atoms with E-state index in [4.69, 9.17) is 23.2 Å². The highest BCUT2D eigenvalue weighted by atomic mass is 35.5. The number of halogens is 3. The van der Waals surface area contributed by atoms with Crippen LogP contribution in [0.3, 0.4) is 0 Å². The number of benzene rings is 1. The molecule has 0 saturated carbocycles. The second-order valence-electron chi connectivity index (χ2n) is 3.60. The van der Waals surface area contributed by atoms with E-state index in [9.17, 15) is 14.0 Å². The van der Waals surface area contributed by atoms with Crippen LogP contribution in [0.15, 0.2) is 34.0 Å². The van der Waals surface area contributed by atoms with Gasteiger partial charge in [0.25, 0.3) is 5.56 Å². The van der Waals surface area contributed by atoms with Gasteiger partial charge in [0.1, 0.15) is 10.8 Å². The van der Waals surface area contributed by atoms with Crippen molar-refractivity contribution < 1.29 is 4.39 Å². The lowest BCUT2D eigenvalue weighted by Crippen LogP contribution is -2.30. The third-order valence-electron chi connectivity index (χ3n) is 2.32. The smallest absolute Gasteiger partial charge is 0.295 e. The number of aromatic nitrogens is 2. The highest BCUT2D eigenvalue weighted by Crippen LogP contribution is 2.15. The SMILES string of the molecule is O=c1[nH]c(=O)n(Cc2ccc(Cl)cc2F)cc1Cl. The van der Waals surface area contributed by atoms with E-state index >= 15 is 0 Å². The van der Waals surface area contributed by atoms with Crippen molar-refractivity contribution in [2.45, 2.75) is 6.54 Å². The van der Waals surface area contributed by atoms with Gasteiger partial charge in [-0.05, 0) is 12.1 Å². The summed E-state index contributed by atoms with van der Waals surface area (Å²) in [7, 11) is 0. The standard InChI is InChI=1S/C11H7Cl2FN2O2/c12-7-2-1-6(9(14)3-7)4-16-5-8(13)10(17)15-11(16)18/h1-3,5H,4H2,(H,15,17,18). The molecule has 0 aliphatic rings. The van der Waals surface area contributed by atoms with Crippen molar-refractivity contribution in [1.82, 2.24) is 9.55 Å². The normalized spacial score (nSPS) is 10.6. The second kappa shape index (κ2) is 4.96. The first-order valence-corrected chi connectivity index (χ1v) is 5.66. The summed E-state index contributed by atoms with van der Waals surface area (Å²) < 4.78 is 14.7. The molecule has 18 heavy (non-hydrogen) atoms. The van der Waals surface area contributed by atoms with Gasteiger partial charge in [-0.15, -0.1) is 0 Å². The summed E-state index contributed by atoms with van der Waals surface area (Å²) in [4.78, 5) is 24.6. The molecule has 0 unspecified atom stereocenters. The summed E-state index contributed by atoms with van der Waals surface area (Å²) in [5.41, 5.74) is -1.06. The monoisotopic (exact) mass is 288 g/mol. The van der Waals surface area contributed by atoms with Gasteiger partial charge in [-0.25, -0.2) is 9.18 Å². The number of nitrogens with zero attached hydrogens (tertiary/aromatic N) is 1. The van der Waals surface area contributed by atoms with Crippen LogP contribution in [0.5, 0.6) is 0 Å². The Kier molecular flexibility index (Phi) is 3.54. The number of aromatic amines is 1. The molecule has 1 aromatic carbocycles. The number of H-pyrrole nitrogens is 1. The summed E-state index contributed by atoms with van der Waals surface area (Å²) in [6.07, 6.45) is 1.16. The molecule has 0 saturated heterocycles. The molecule has 4 nitrogen and oxygen atoms in total. The molecule has 0 aliphatic carbocycles. The largest absolute Gasteiger partial charge is 0.328 e. The minimum atomic E-state index is -0.672. The molecule has 1 heterocycles. The highest BCUT2D eigenvalue weighted by molar-refractivity contribution is 6.30. The number of hydrogen-bond donors (Lipinski definition) is 1. The van der Waals surface area contributed by atoms with Gasteiger partial charge in [0.15, 0.2) is 0 Å². The lowest BCUT2D eigenvalue weighted by Gasteiger charge is -2.06. The molecule has 0 atom stereocenters. The van der Waals surface area contributed by atoms with Crippen molar-refractivity contribution >= 4 is 23.2 Å². The van der Waals surface area contributed by atoms with E-state index in [-0.39, 0.29) is 22.2 Å². The zero-order valence-electron chi connectivity index (χ0n) is 8.91. The van der Waals surface area contributed by atoms with E-state index < -0.39 is 17.1 Å². The van der Waals surface area contributed by atoms with Gasteiger partial charge >= 0.3 is 5.69 Å². The zero-order valence-corrected chi connectivity index (χ0v) is 10.4. The maximum Gasteiger partial charge on any atom is 0.328 e. The Morgan fingerprint density at radius 2 is 2.00 bits per heavy atom. The molecule has 0 fully saturated rings. The Balaban J connectivity index is 2.43. The summed E-state index contributed by atoms with van der Waals surface area (Å²) in [6, 6.07) is 4.12. The fourth-order valence-corrected chi connectivity index (χ4v) is 1.76. The second-order valence-corrected chi connectivity index (χ2v) is 4.44. The van der Waals surface area contributed by atoms with Crippen molar-refractivity contribution in [3.8, 4) is 0 Å². The highest BCUT2D eigenvalue weighted by Gasteiger charge is 2.07. The molecule has 0 bridgehead atoms. The molecule has 1 aromatic heterocycles. The molecule has 0 radical (unpaired) electrons. The van der Waals surface area contributed by atoms with E-state index in [0.29, 0.717) is 0 Å². The third kappa shape index (κ3) is 2.63. The molecule has 0 amide bonds. The van der Waals surface area contributed by atoms with Crippen LogP contribution in [0.4, 0.5) is 4.39 Å². The average molecular weight is 289 g/mol. The maximum atomic E-state index is 13.5. The molecular weight excluding hydrogens is 282 g/mol. The lowest BCUT2D eigenvalue weighted by molar-refractivity contribution is 0.593. The molecule has 7 heteroatoms. The molecule has 1 N–H and O–H groups in total. The van der Waals surface area contributed by atoms with Gasteiger partial charge in [0.2, 0.25) is 0 Å². The first-order valence-electron chi connectivity index (χ1n) is 4.90. The molecule has 94 valence electrons. The molecule has 2 aromatic rings. The topological polar surface area (TPSA) is 54.9 Å². The average Bonchev–Trinajstić information content (AvgIpc) is 2.29. The zero-order chi connectivity index (χ0) is 13.3. The van der Waals surface area contributed by atoms with Crippen molar-refractivity contribution in [3.05, 3.63) is 66.7 Å². The molecule has 0 aliphatic heterocycles. The number of rotatable bonds is 2. The maximum absolute atomic E-state index is 13.5. The van der Waals surface area contributed by atoms with Gasteiger partial charge in [-0.1, -0.05) is 29.3 Å². The minimum Gasteiger partial charge on any atom is -0.295 e. The number of nitrogens with one attached hydrogen (secondary N) is 1. The van der Waals surface area contributed by atoms with Crippen molar-refractivity contribution in [2.24, 2.45) is 0 Å². The first-order chi connectivity index (χ1) is 8.47. The quantitative estimate of drug-likeness (QED) is 0.919. The van der Waals surface area contributed by atoms with Crippen LogP contribution in [0.1, 0.15) is 5.56 Å². The summed E-state index contributed by atoms with van der Waals surface area (Å²) in [5.74, 6) is -0.531. The van der Waals surface area contributed by atoms with Crippen LogP contribution in [0, 0.1) is 5.82 Å². The predicted octanol–water partition coefficient (Wildman–Crippen LogP) is 2.03. The number of hydrogen-bond acceptors (Lipinski definition) is 2. The van der Waals surface area contributed by atoms with Gasteiger partial charge in [0.05, 0.1) is 6.54 Å². The van der Waals surface area contributed by atoms with Gasteiger partial charge < -0.3 is 0 Å². The first kappa shape index (κ1) is 12.9. The Morgan fingerprint density at radius 3 is 2.67 bits per heavy atom. The predicted molar refractivity (Wildman–Crippen MR) is 66.8 cm³/mol. The van der Waals surface area contributed by atoms with Crippen molar-refractivity contribution in [2.75, 3.05) is 0 Å². The Bertz CT molecular complexity index is 709. The Labute approximate surface area is 111 Å². The summed E-state index contributed by atoms with van der Waals surface area (Å²) >= 11 is 11.2. The Hall–Kier alpha value is -1.59. The van der Waals surface area contributed by atoms with Gasteiger partial charge in [0, 0.05) is 16.8 Å².